The van der Waals surface area contributed by atoms with Crippen LogP contribution in [0.2, 0.25) is 0 Å². The van der Waals surface area contributed by atoms with Crippen LogP contribution in [0.1, 0.15) is 0 Å². The second-order valence-electron chi connectivity index (χ2n) is 14.6. The number of hydrogen-bond donors (Lipinski definition) is 0. The molecule has 262 valence electrons. The summed E-state index contributed by atoms with van der Waals surface area (Å²) in [6.07, 6.45) is 0. The Labute approximate surface area is 325 Å². The van der Waals surface area contributed by atoms with Crippen molar-refractivity contribution < 1.29 is 0 Å². The average molecular weight is 713 g/mol. The van der Waals surface area contributed by atoms with Crippen LogP contribution in [0.5, 0.6) is 0 Å². The van der Waals surface area contributed by atoms with Crippen LogP contribution in [-0.4, -0.2) is 9.13 Å². The molecular formula is C54H36N2. The molecule has 0 unspecified atom stereocenters. The van der Waals surface area contributed by atoms with E-state index in [1.165, 1.54) is 93.8 Å². The number of hydrogen-bond acceptors (Lipinski definition) is 0. The lowest BCUT2D eigenvalue weighted by molar-refractivity contribution is 1.18. The molecule has 0 bridgehead atoms. The maximum atomic E-state index is 2.40. The maximum absolute atomic E-state index is 2.40. The number of aromatic nitrogens is 2. The molecular weight excluding hydrogens is 677 g/mol. The molecule has 11 rings (SSSR count). The Kier molecular flexibility index (Phi) is 7.53. The van der Waals surface area contributed by atoms with Crippen molar-refractivity contribution in [3.05, 3.63) is 218 Å². The summed E-state index contributed by atoms with van der Waals surface area (Å²) in [5.74, 6) is 0. The predicted octanol–water partition coefficient (Wildman–Crippen LogP) is 14.5. The van der Waals surface area contributed by atoms with Gasteiger partial charge in [-0.3, -0.25) is 0 Å². The summed E-state index contributed by atoms with van der Waals surface area (Å²) < 4.78 is 4.77. The van der Waals surface area contributed by atoms with Gasteiger partial charge in [-0.1, -0.05) is 152 Å². The Bertz CT molecular complexity index is 3220. The van der Waals surface area contributed by atoms with Gasteiger partial charge in [0, 0.05) is 32.9 Å². The fourth-order valence-corrected chi connectivity index (χ4v) is 8.63. The van der Waals surface area contributed by atoms with Gasteiger partial charge >= 0.3 is 0 Å². The van der Waals surface area contributed by atoms with Crippen LogP contribution >= 0.6 is 0 Å². The molecule has 0 saturated heterocycles. The zero-order valence-electron chi connectivity index (χ0n) is 30.7. The van der Waals surface area contributed by atoms with Crippen LogP contribution in [-0.2, 0) is 0 Å². The monoisotopic (exact) mass is 712 g/mol. The highest BCUT2D eigenvalue weighted by Gasteiger charge is 2.15. The van der Waals surface area contributed by atoms with Gasteiger partial charge in [-0.25, -0.2) is 0 Å². The minimum Gasteiger partial charge on any atom is -0.309 e. The van der Waals surface area contributed by atoms with Crippen LogP contribution < -0.4 is 0 Å². The molecule has 0 radical (unpaired) electrons. The number of rotatable bonds is 6. The molecule has 0 N–H and O–H groups in total. The molecule has 2 aromatic heterocycles. The lowest BCUT2D eigenvalue weighted by Crippen LogP contribution is -1.94. The van der Waals surface area contributed by atoms with E-state index in [4.69, 9.17) is 0 Å². The Morgan fingerprint density at radius 3 is 1.16 bits per heavy atom. The summed E-state index contributed by atoms with van der Waals surface area (Å²) in [6.45, 7) is 0. The van der Waals surface area contributed by atoms with Gasteiger partial charge in [0.05, 0.1) is 22.1 Å². The van der Waals surface area contributed by atoms with E-state index >= 15 is 0 Å². The third kappa shape index (κ3) is 5.34. The van der Waals surface area contributed by atoms with Crippen LogP contribution in [0.4, 0.5) is 0 Å². The molecule has 11 aromatic rings. The number of nitrogens with zero attached hydrogens (tertiary/aromatic N) is 2. The lowest BCUT2D eigenvalue weighted by atomic mass is 9.96. The van der Waals surface area contributed by atoms with Crippen molar-refractivity contribution in [1.82, 2.24) is 9.13 Å². The fourth-order valence-electron chi connectivity index (χ4n) is 8.63. The highest BCUT2D eigenvalue weighted by Crippen LogP contribution is 2.38. The van der Waals surface area contributed by atoms with E-state index in [2.05, 4.69) is 228 Å². The lowest BCUT2D eigenvalue weighted by Gasteiger charge is -2.11. The molecule has 56 heavy (non-hydrogen) atoms. The van der Waals surface area contributed by atoms with Crippen molar-refractivity contribution in [2.24, 2.45) is 0 Å². The zero-order valence-corrected chi connectivity index (χ0v) is 30.7. The summed E-state index contributed by atoms with van der Waals surface area (Å²) in [5.41, 5.74) is 16.9. The van der Waals surface area contributed by atoms with E-state index in [0.717, 1.165) is 5.69 Å². The second-order valence-corrected chi connectivity index (χ2v) is 14.6. The zero-order chi connectivity index (χ0) is 37.0. The predicted molar refractivity (Wildman–Crippen MR) is 237 cm³/mol. The van der Waals surface area contributed by atoms with Gasteiger partial charge in [0.25, 0.3) is 0 Å². The molecule has 0 spiro atoms. The van der Waals surface area contributed by atoms with Crippen molar-refractivity contribution in [3.63, 3.8) is 0 Å². The Balaban J connectivity index is 0.936. The van der Waals surface area contributed by atoms with Gasteiger partial charge in [0.2, 0.25) is 0 Å². The third-order valence-electron chi connectivity index (χ3n) is 11.3. The molecule has 2 heteroatoms. The normalized spacial score (nSPS) is 11.6. The Hall–Kier alpha value is -7.42. The first kappa shape index (κ1) is 32.0. The van der Waals surface area contributed by atoms with Gasteiger partial charge in [0.15, 0.2) is 0 Å². The SMILES string of the molecule is c1ccc(-c2cccc(-n3c4ccccc4c4cc(-c5cccc(-c6ccc(-c7ccc8c(c7)c7ccccc7n8-c7ccccc7)cc6)c5)ccc43)c2)cc1. The molecule has 2 heterocycles. The third-order valence-corrected chi connectivity index (χ3v) is 11.3. The van der Waals surface area contributed by atoms with Crippen molar-refractivity contribution in [3.8, 4) is 55.9 Å². The summed E-state index contributed by atoms with van der Waals surface area (Å²) >= 11 is 0. The molecule has 0 aliphatic carbocycles. The van der Waals surface area contributed by atoms with E-state index in [9.17, 15) is 0 Å². The van der Waals surface area contributed by atoms with Crippen molar-refractivity contribution in [1.29, 1.82) is 0 Å². The minimum absolute atomic E-state index is 1.16. The van der Waals surface area contributed by atoms with Crippen LogP contribution in [0.3, 0.4) is 0 Å². The van der Waals surface area contributed by atoms with Gasteiger partial charge < -0.3 is 9.13 Å². The molecule has 9 aromatic carbocycles. The first-order valence-electron chi connectivity index (χ1n) is 19.3. The molecule has 0 amide bonds. The van der Waals surface area contributed by atoms with Gasteiger partial charge in [-0.2, -0.15) is 0 Å². The van der Waals surface area contributed by atoms with Gasteiger partial charge in [-0.15, -0.1) is 0 Å². The Morgan fingerprint density at radius 2 is 0.554 bits per heavy atom. The van der Waals surface area contributed by atoms with Crippen molar-refractivity contribution in [2.75, 3.05) is 0 Å². The highest BCUT2D eigenvalue weighted by atomic mass is 15.0. The first-order chi connectivity index (χ1) is 27.8. The fraction of sp³-hybridized carbons (Fsp3) is 0. The van der Waals surface area contributed by atoms with E-state index in [0.29, 0.717) is 0 Å². The summed E-state index contributed by atoms with van der Waals surface area (Å²) in [7, 11) is 0. The largest absolute Gasteiger partial charge is 0.309 e. The van der Waals surface area contributed by atoms with Gasteiger partial charge in [-0.05, 0) is 111 Å². The van der Waals surface area contributed by atoms with E-state index in [1.54, 1.807) is 0 Å². The smallest absolute Gasteiger partial charge is 0.0541 e. The van der Waals surface area contributed by atoms with E-state index in [-0.39, 0.29) is 0 Å². The summed E-state index contributed by atoms with van der Waals surface area (Å²) in [6, 6.07) is 79.3. The molecule has 0 saturated carbocycles. The van der Waals surface area contributed by atoms with E-state index < -0.39 is 0 Å². The average Bonchev–Trinajstić information content (AvgIpc) is 3.79. The van der Waals surface area contributed by atoms with Crippen molar-refractivity contribution >= 4 is 43.6 Å². The molecule has 2 nitrogen and oxygen atoms in total. The molecule has 0 fully saturated rings. The molecule has 0 aliphatic rings. The Morgan fingerprint density at radius 1 is 0.196 bits per heavy atom. The van der Waals surface area contributed by atoms with Crippen molar-refractivity contribution in [2.45, 2.75) is 0 Å². The summed E-state index contributed by atoms with van der Waals surface area (Å²) in [5, 5.41) is 5.03. The van der Waals surface area contributed by atoms with Gasteiger partial charge in [0.1, 0.15) is 0 Å². The maximum Gasteiger partial charge on any atom is 0.0541 e. The quantitative estimate of drug-likeness (QED) is 0.162. The van der Waals surface area contributed by atoms with Crippen LogP contribution in [0.15, 0.2) is 218 Å². The van der Waals surface area contributed by atoms with E-state index in [1.807, 2.05) is 0 Å². The number of fused-ring (bicyclic) bond motifs is 6. The summed E-state index contributed by atoms with van der Waals surface area (Å²) in [4.78, 5) is 0. The highest BCUT2D eigenvalue weighted by molar-refractivity contribution is 6.11. The van der Waals surface area contributed by atoms with Crippen LogP contribution in [0, 0.1) is 0 Å². The first-order valence-corrected chi connectivity index (χ1v) is 19.3. The second kappa shape index (κ2) is 13.2. The molecule has 0 aliphatic heterocycles. The standard InChI is InChI=1S/C54H36N2/c1-3-13-37(14-4-1)42-17-12-20-46(34-42)56-52-24-10-8-22-48(52)50-36-44(30-32-54(50)56)41-16-11-15-40(33-41)38-25-27-39(28-26-38)43-29-31-53-49(35-43)47-21-7-9-23-51(47)55(53)45-18-5-2-6-19-45/h1-36H. The minimum atomic E-state index is 1.16. The molecule has 0 atom stereocenters. The number of benzene rings is 9. The van der Waals surface area contributed by atoms with Crippen LogP contribution in [0.25, 0.3) is 99.5 Å². The topological polar surface area (TPSA) is 9.86 Å². The number of para-hydroxylation sites is 3.